The minimum absolute atomic E-state index is 0.333. The van der Waals surface area contributed by atoms with Crippen LogP contribution >= 0.6 is 23.2 Å². The number of hydrogen-bond donors (Lipinski definition) is 0. The molecule has 0 bridgehead atoms. The molecule has 0 fully saturated rings. The number of carbonyl (C=O) groups is 1. The van der Waals surface area contributed by atoms with Crippen molar-refractivity contribution < 1.29 is 14.6 Å². The van der Waals surface area contributed by atoms with Crippen molar-refractivity contribution in [2.75, 3.05) is 7.11 Å². The van der Waals surface area contributed by atoms with Gasteiger partial charge < -0.3 is 19.5 Å². The average Bonchev–Trinajstić information content (AvgIpc) is 2.52. The number of halogens is 2. The third-order valence-corrected chi connectivity index (χ3v) is 4.98. The average molecular weight is 395 g/mol. The lowest BCUT2D eigenvalue weighted by atomic mass is 9.93. The highest BCUT2D eigenvalue weighted by Crippen LogP contribution is 2.40. The van der Waals surface area contributed by atoms with Gasteiger partial charge in [-0.15, -0.1) is 0 Å². The summed E-state index contributed by atoms with van der Waals surface area (Å²) in [6.07, 6.45) is -1.29. The smallest absolute Gasteiger partial charge is 0.137 e. The Bertz CT molecular complexity index is 777. The Morgan fingerprint density at radius 1 is 1.12 bits per heavy atom. The van der Waals surface area contributed by atoms with E-state index in [9.17, 15) is 9.90 Å². The SMILES string of the molecule is COc1c(C)cc(C(c2c(Cl)cccc2Cl)N(C(=O)[O-])C(C)C)cc1C. The van der Waals surface area contributed by atoms with E-state index >= 15 is 0 Å². The van der Waals surface area contributed by atoms with E-state index in [4.69, 9.17) is 27.9 Å². The van der Waals surface area contributed by atoms with Crippen molar-refractivity contribution in [3.63, 3.8) is 0 Å². The van der Waals surface area contributed by atoms with Gasteiger partial charge in [0.1, 0.15) is 11.8 Å². The minimum atomic E-state index is -1.29. The van der Waals surface area contributed by atoms with E-state index in [1.807, 2.05) is 26.0 Å². The fourth-order valence-corrected chi connectivity index (χ4v) is 3.92. The maximum atomic E-state index is 11.9. The number of benzene rings is 2. The molecule has 2 rings (SSSR count). The van der Waals surface area contributed by atoms with Crippen molar-refractivity contribution in [1.29, 1.82) is 0 Å². The van der Waals surface area contributed by atoms with Crippen molar-refractivity contribution in [2.45, 2.75) is 39.8 Å². The normalized spacial score (nSPS) is 12.2. The second-order valence-corrected chi connectivity index (χ2v) is 7.31. The van der Waals surface area contributed by atoms with Gasteiger partial charge in [-0.3, -0.25) is 0 Å². The lowest BCUT2D eigenvalue weighted by molar-refractivity contribution is -0.269. The molecule has 1 unspecified atom stereocenters. The summed E-state index contributed by atoms with van der Waals surface area (Å²) in [6, 6.07) is 7.90. The Morgan fingerprint density at radius 2 is 1.62 bits per heavy atom. The molecule has 0 radical (unpaired) electrons. The number of nitrogens with zero attached hydrogens (tertiary/aromatic N) is 1. The zero-order chi connectivity index (χ0) is 19.6. The van der Waals surface area contributed by atoms with Gasteiger partial charge >= 0.3 is 0 Å². The molecular weight excluding hydrogens is 373 g/mol. The molecule has 0 aliphatic heterocycles. The van der Waals surface area contributed by atoms with Crippen molar-refractivity contribution in [3.8, 4) is 5.75 Å². The van der Waals surface area contributed by atoms with Crippen LogP contribution in [0.15, 0.2) is 30.3 Å². The molecule has 4 nitrogen and oxygen atoms in total. The van der Waals surface area contributed by atoms with Gasteiger partial charge in [0.15, 0.2) is 0 Å². The molecule has 2 aromatic rings. The van der Waals surface area contributed by atoms with E-state index in [-0.39, 0.29) is 6.04 Å². The summed E-state index contributed by atoms with van der Waals surface area (Å²) in [6.45, 7) is 7.41. The summed E-state index contributed by atoms with van der Waals surface area (Å²) in [7, 11) is 1.61. The first-order valence-corrected chi connectivity index (χ1v) is 9.03. The van der Waals surface area contributed by atoms with Gasteiger partial charge in [-0.1, -0.05) is 29.3 Å². The number of ether oxygens (including phenoxy) is 1. The maximum Gasteiger partial charge on any atom is 0.137 e. The summed E-state index contributed by atoms with van der Waals surface area (Å²) in [5.74, 6) is 0.766. The van der Waals surface area contributed by atoms with Crippen LogP contribution in [0.4, 0.5) is 4.79 Å². The molecule has 0 N–H and O–H groups in total. The second kappa shape index (κ2) is 8.19. The highest BCUT2D eigenvalue weighted by molar-refractivity contribution is 6.36. The largest absolute Gasteiger partial charge is 0.530 e. The summed E-state index contributed by atoms with van der Waals surface area (Å²) < 4.78 is 5.42. The summed E-state index contributed by atoms with van der Waals surface area (Å²) >= 11 is 12.8. The topological polar surface area (TPSA) is 52.6 Å². The third kappa shape index (κ3) is 3.92. The van der Waals surface area contributed by atoms with Crippen molar-refractivity contribution in [3.05, 3.63) is 62.6 Å². The van der Waals surface area contributed by atoms with E-state index in [1.165, 1.54) is 4.90 Å². The highest BCUT2D eigenvalue weighted by Gasteiger charge is 2.29. The lowest BCUT2D eigenvalue weighted by Crippen LogP contribution is -2.47. The predicted octanol–water partition coefficient (Wildman–Crippen LogP) is 4.76. The number of methoxy groups -OCH3 is 1. The van der Waals surface area contributed by atoms with Crippen molar-refractivity contribution in [1.82, 2.24) is 4.90 Å². The molecule has 1 atom stereocenters. The van der Waals surface area contributed by atoms with Gasteiger partial charge in [-0.05, 0) is 68.7 Å². The quantitative estimate of drug-likeness (QED) is 0.734. The summed E-state index contributed by atoms with van der Waals surface area (Å²) in [5.41, 5.74) is 3.10. The van der Waals surface area contributed by atoms with Gasteiger partial charge in [-0.2, -0.15) is 0 Å². The van der Waals surface area contributed by atoms with Crippen molar-refractivity contribution in [2.24, 2.45) is 0 Å². The number of rotatable bonds is 5. The zero-order valence-electron chi connectivity index (χ0n) is 15.5. The second-order valence-electron chi connectivity index (χ2n) is 6.49. The Hall–Kier alpha value is -1.91. The molecule has 0 saturated heterocycles. The van der Waals surface area contributed by atoms with Gasteiger partial charge in [-0.25, -0.2) is 0 Å². The molecule has 0 heterocycles. The number of hydrogen-bond acceptors (Lipinski definition) is 3. The fraction of sp³-hybridized carbons (Fsp3) is 0.350. The van der Waals surface area contributed by atoms with E-state index in [0.29, 0.717) is 15.6 Å². The number of aryl methyl sites for hydroxylation is 2. The number of carbonyl (C=O) groups excluding carboxylic acids is 1. The summed E-state index contributed by atoms with van der Waals surface area (Å²) in [4.78, 5) is 13.2. The molecule has 0 saturated carbocycles. The monoisotopic (exact) mass is 394 g/mol. The Kier molecular flexibility index (Phi) is 6.43. The van der Waals surface area contributed by atoms with Gasteiger partial charge in [0.2, 0.25) is 0 Å². The van der Waals surface area contributed by atoms with Crippen LogP contribution in [0.2, 0.25) is 10.0 Å². The van der Waals surface area contributed by atoms with Crippen LogP contribution in [0.3, 0.4) is 0 Å². The molecule has 140 valence electrons. The van der Waals surface area contributed by atoms with E-state index in [2.05, 4.69) is 0 Å². The molecule has 2 aromatic carbocycles. The zero-order valence-corrected chi connectivity index (χ0v) is 17.0. The molecular formula is C20H22Cl2NO3-. The molecule has 0 spiro atoms. The molecule has 1 amide bonds. The molecule has 6 heteroatoms. The lowest BCUT2D eigenvalue weighted by Gasteiger charge is -2.39. The fourth-order valence-electron chi connectivity index (χ4n) is 3.32. The minimum Gasteiger partial charge on any atom is -0.530 e. The van der Waals surface area contributed by atoms with Crippen molar-refractivity contribution >= 4 is 29.3 Å². The predicted molar refractivity (Wildman–Crippen MR) is 103 cm³/mol. The van der Waals surface area contributed by atoms with Crippen LogP contribution in [0.1, 0.15) is 42.1 Å². The molecule has 26 heavy (non-hydrogen) atoms. The van der Waals surface area contributed by atoms with Crippen LogP contribution in [0, 0.1) is 13.8 Å². The van der Waals surface area contributed by atoms with E-state index in [1.54, 1.807) is 39.2 Å². The standard InChI is InChI=1S/C20H23Cl2NO3/c1-11(2)23(20(24)25)18(17-15(21)7-6-8-16(17)22)14-9-12(3)19(26-5)13(4)10-14/h6-11,18H,1-5H3,(H,24,25)/p-1. The van der Waals surface area contributed by atoms with Crippen LogP contribution in [-0.2, 0) is 0 Å². The van der Waals surface area contributed by atoms with Crippen LogP contribution in [-0.4, -0.2) is 24.1 Å². The first-order valence-electron chi connectivity index (χ1n) is 8.27. The Balaban J connectivity index is 2.79. The van der Waals surface area contributed by atoms with Crippen LogP contribution < -0.4 is 9.84 Å². The third-order valence-electron chi connectivity index (χ3n) is 4.32. The first-order chi connectivity index (χ1) is 12.2. The van der Waals surface area contributed by atoms with E-state index in [0.717, 1.165) is 22.4 Å². The van der Waals surface area contributed by atoms with Crippen LogP contribution in [0.25, 0.3) is 0 Å². The van der Waals surface area contributed by atoms with E-state index < -0.39 is 12.1 Å². The van der Waals surface area contributed by atoms with Gasteiger partial charge in [0.05, 0.1) is 13.2 Å². The van der Waals surface area contributed by atoms with Crippen LogP contribution in [0.5, 0.6) is 5.75 Å². The van der Waals surface area contributed by atoms with Gasteiger partial charge in [0, 0.05) is 21.7 Å². The maximum absolute atomic E-state index is 11.9. The molecule has 0 aromatic heterocycles. The number of amides is 1. The summed E-state index contributed by atoms with van der Waals surface area (Å²) in [5, 5.41) is 12.8. The molecule has 0 aliphatic rings. The number of carboxylic acid groups (broad SMARTS) is 1. The van der Waals surface area contributed by atoms with Gasteiger partial charge in [0.25, 0.3) is 0 Å². The Labute approximate surface area is 164 Å². The first kappa shape index (κ1) is 20.4. The molecule has 0 aliphatic carbocycles. The highest BCUT2D eigenvalue weighted by atomic mass is 35.5. The Morgan fingerprint density at radius 3 is 2.00 bits per heavy atom.